The first-order valence-electron chi connectivity index (χ1n) is 14.8. The van der Waals surface area contributed by atoms with Gasteiger partial charge < -0.3 is 25.6 Å². The van der Waals surface area contributed by atoms with Crippen molar-refractivity contribution in [1.82, 2.24) is 20.1 Å². The molecule has 2 aliphatic rings. The maximum absolute atomic E-state index is 13.4. The van der Waals surface area contributed by atoms with Gasteiger partial charge in [0.15, 0.2) is 9.84 Å². The summed E-state index contributed by atoms with van der Waals surface area (Å²) < 4.78 is 26.7. The number of halogens is 2. The highest BCUT2D eigenvalue weighted by molar-refractivity contribution is 7.90. The number of nitrogens with one attached hydrogen (secondary N) is 3. The summed E-state index contributed by atoms with van der Waals surface area (Å²) in [7, 11) is -3.86. The lowest BCUT2D eigenvalue weighted by Gasteiger charge is -2.34. The van der Waals surface area contributed by atoms with E-state index in [9.17, 15) is 22.8 Å². The van der Waals surface area contributed by atoms with Crippen molar-refractivity contribution >= 4 is 68.1 Å². The summed E-state index contributed by atoms with van der Waals surface area (Å²) >= 11 is 12.4. The van der Waals surface area contributed by atoms with Crippen molar-refractivity contribution in [2.75, 3.05) is 51.2 Å². The van der Waals surface area contributed by atoms with Gasteiger partial charge in [0.05, 0.1) is 22.6 Å². The number of carbonyl (C=O) groups is 3. The Labute approximate surface area is 277 Å². The van der Waals surface area contributed by atoms with Crippen LogP contribution in [0.25, 0.3) is 11.6 Å². The minimum Gasteiger partial charge on any atom is -0.387 e. The predicted molar refractivity (Wildman–Crippen MR) is 177 cm³/mol. The number of aliphatic hydroxyl groups is 1. The van der Waals surface area contributed by atoms with Gasteiger partial charge in [-0.15, -0.1) is 0 Å². The monoisotopic (exact) mass is 687 g/mol. The van der Waals surface area contributed by atoms with Crippen LogP contribution in [0.4, 0.5) is 5.69 Å². The Morgan fingerprint density at radius 3 is 2.41 bits per heavy atom. The van der Waals surface area contributed by atoms with Gasteiger partial charge in [0.1, 0.15) is 6.61 Å². The number of fused-ring (bicyclic) bond motifs is 1. The van der Waals surface area contributed by atoms with Gasteiger partial charge in [-0.25, -0.2) is 8.42 Å². The van der Waals surface area contributed by atoms with E-state index in [4.69, 9.17) is 28.3 Å². The first-order valence-corrected chi connectivity index (χ1v) is 17.2. The zero-order chi connectivity index (χ0) is 33.2. The molecule has 0 aliphatic carbocycles. The zero-order valence-corrected chi connectivity index (χ0v) is 27.8. The fourth-order valence-corrected chi connectivity index (χ4v) is 7.83. The number of sulfone groups is 1. The predicted octanol–water partition coefficient (Wildman–Crippen LogP) is 3.20. The Bertz CT molecular complexity index is 1810. The van der Waals surface area contributed by atoms with Crippen LogP contribution in [-0.2, 0) is 36.4 Å². The zero-order valence-electron chi connectivity index (χ0n) is 25.5. The molecule has 244 valence electrons. The first kappa shape index (κ1) is 33.7. The number of aromatic nitrogens is 1. The SMILES string of the molecule is Cc1[nH]c(/C=C2\C(=O)Nc3ccc(S(=O)(=O)Cc4c(Cl)cccc4Cl)cc32)c(C)c1CC(=O)NCCN1CCN(C(=O)CO)CC1. The second-order valence-corrected chi connectivity index (χ2v) is 14.2. The fraction of sp³-hybridized carbons (Fsp3) is 0.344. The summed E-state index contributed by atoms with van der Waals surface area (Å²) in [5, 5.41) is 15.3. The smallest absolute Gasteiger partial charge is 0.256 e. The van der Waals surface area contributed by atoms with Crippen LogP contribution < -0.4 is 10.6 Å². The Morgan fingerprint density at radius 1 is 1.04 bits per heavy atom. The normalized spacial score (nSPS) is 16.1. The average molecular weight is 689 g/mol. The number of benzene rings is 2. The van der Waals surface area contributed by atoms with Gasteiger partial charge >= 0.3 is 0 Å². The van der Waals surface area contributed by atoms with E-state index >= 15 is 0 Å². The third-order valence-corrected chi connectivity index (χ3v) is 10.7. The summed E-state index contributed by atoms with van der Waals surface area (Å²) in [5.41, 5.74) is 4.59. The van der Waals surface area contributed by atoms with E-state index in [1.54, 1.807) is 35.2 Å². The highest BCUT2D eigenvalue weighted by Gasteiger charge is 2.28. The molecule has 4 N–H and O–H groups in total. The number of hydrogen-bond acceptors (Lipinski definition) is 7. The number of aliphatic hydroxyl groups excluding tert-OH is 1. The molecule has 0 bridgehead atoms. The molecule has 14 heteroatoms. The molecule has 0 atom stereocenters. The summed E-state index contributed by atoms with van der Waals surface area (Å²) in [6.45, 7) is 6.79. The maximum atomic E-state index is 13.4. The van der Waals surface area contributed by atoms with Gasteiger partial charge in [0, 0.05) is 77.5 Å². The van der Waals surface area contributed by atoms with Crippen molar-refractivity contribution in [2.45, 2.75) is 30.9 Å². The van der Waals surface area contributed by atoms with Crippen LogP contribution in [0.1, 0.15) is 33.6 Å². The van der Waals surface area contributed by atoms with E-state index in [1.165, 1.54) is 12.1 Å². The van der Waals surface area contributed by atoms with Gasteiger partial charge in [-0.3, -0.25) is 19.3 Å². The number of anilines is 1. The number of rotatable bonds is 10. The van der Waals surface area contributed by atoms with Crippen LogP contribution in [0.5, 0.6) is 0 Å². The van der Waals surface area contributed by atoms with E-state index < -0.39 is 22.2 Å². The second-order valence-electron chi connectivity index (χ2n) is 11.4. The molecule has 0 radical (unpaired) electrons. The first-order chi connectivity index (χ1) is 21.9. The highest BCUT2D eigenvalue weighted by atomic mass is 35.5. The van der Waals surface area contributed by atoms with E-state index in [-0.39, 0.29) is 39.1 Å². The van der Waals surface area contributed by atoms with Gasteiger partial charge in [-0.2, -0.15) is 0 Å². The van der Waals surface area contributed by atoms with Crippen molar-refractivity contribution in [3.05, 3.63) is 80.1 Å². The molecule has 2 aromatic carbocycles. The molecule has 1 saturated heterocycles. The van der Waals surface area contributed by atoms with E-state index in [0.29, 0.717) is 67.3 Å². The minimum absolute atomic E-state index is 0.0295. The van der Waals surface area contributed by atoms with Gasteiger partial charge in [-0.1, -0.05) is 29.3 Å². The van der Waals surface area contributed by atoms with Crippen molar-refractivity contribution in [2.24, 2.45) is 0 Å². The lowest BCUT2D eigenvalue weighted by molar-refractivity contribution is -0.135. The molecule has 11 nitrogen and oxygen atoms in total. The summed E-state index contributed by atoms with van der Waals surface area (Å²) in [5.74, 6) is -1.18. The lowest BCUT2D eigenvalue weighted by atomic mass is 10.0. The Balaban J connectivity index is 1.27. The molecular weight excluding hydrogens is 653 g/mol. The third kappa shape index (κ3) is 7.31. The van der Waals surface area contributed by atoms with Crippen LogP contribution in [0, 0.1) is 13.8 Å². The van der Waals surface area contributed by atoms with Crippen molar-refractivity contribution < 1.29 is 27.9 Å². The molecule has 0 spiro atoms. The number of carbonyl (C=O) groups excluding carboxylic acids is 3. The van der Waals surface area contributed by atoms with Crippen molar-refractivity contribution in [1.29, 1.82) is 0 Å². The number of hydrogen-bond donors (Lipinski definition) is 4. The fourth-order valence-electron chi connectivity index (χ4n) is 5.71. The Hall–Kier alpha value is -3.68. The number of aromatic amines is 1. The molecule has 5 rings (SSSR count). The minimum atomic E-state index is -3.86. The molecule has 0 unspecified atom stereocenters. The quantitative estimate of drug-likeness (QED) is 0.239. The van der Waals surface area contributed by atoms with Gasteiger partial charge in [0.2, 0.25) is 11.8 Å². The lowest BCUT2D eigenvalue weighted by Crippen LogP contribution is -2.51. The summed E-state index contributed by atoms with van der Waals surface area (Å²) in [6, 6.07) is 9.29. The number of piperazine rings is 1. The summed E-state index contributed by atoms with van der Waals surface area (Å²) in [4.78, 5) is 44.6. The molecule has 46 heavy (non-hydrogen) atoms. The number of H-pyrrole nitrogens is 1. The second kappa shape index (κ2) is 14.0. The van der Waals surface area contributed by atoms with E-state index in [0.717, 1.165) is 16.8 Å². The Morgan fingerprint density at radius 2 is 1.74 bits per heavy atom. The number of aryl methyl sites for hydroxylation is 1. The van der Waals surface area contributed by atoms with Crippen LogP contribution in [0.15, 0.2) is 41.3 Å². The molecule has 1 fully saturated rings. The van der Waals surface area contributed by atoms with Crippen LogP contribution in [0.3, 0.4) is 0 Å². The molecule has 1 aromatic heterocycles. The summed E-state index contributed by atoms with van der Waals surface area (Å²) in [6.07, 6.45) is 1.82. The molecule has 0 saturated carbocycles. The highest BCUT2D eigenvalue weighted by Crippen LogP contribution is 2.37. The van der Waals surface area contributed by atoms with Crippen molar-refractivity contribution in [3.8, 4) is 0 Å². The average Bonchev–Trinajstić information content (AvgIpc) is 3.48. The molecule has 3 aromatic rings. The standard InChI is InChI=1S/C32H35Cl2N5O6S/c1-19-22(16-30(41)35-8-9-38-10-12-39(13-11-38)31(42)17-40)20(2)36-29(19)15-24-23-14-21(6-7-28(23)37-32(24)43)46(44,45)18-25-26(33)4-3-5-27(25)34/h3-7,14-15,36,40H,8-13,16-18H2,1-2H3,(H,35,41)(H,37,43)/b24-15-. The molecule has 3 amide bonds. The molecule has 3 heterocycles. The molecular formula is C32H35Cl2N5O6S. The largest absolute Gasteiger partial charge is 0.387 e. The Kier molecular flexibility index (Phi) is 10.2. The van der Waals surface area contributed by atoms with Crippen LogP contribution in [-0.4, -0.2) is 91.9 Å². The van der Waals surface area contributed by atoms with Crippen LogP contribution >= 0.6 is 23.2 Å². The van der Waals surface area contributed by atoms with Crippen molar-refractivity contribution in [3.63, 3.8) is 0 Å². The third-order valence-electron chi connectivity index (χ3n) is 8.40. The topological polar surface area (TPSA) is 152 Å². The number of amides is 3. The van der Waals surface area contributed by atoms with Gasteiger partial charge in [-0.05, 0) is 61.4 Å². The number of nitrogens with zero attached hydrogens (tertiary/aromatic N) is 2. The van der Waals surface area contributed by atoms with E-state index in [1.807, 2.05) is 13.8 Å². The van der Waals surface area contributed by atoms with Crippen LogP contribution in [0.2, 0.25) is 10.0 Å². The maximum Gasteiger partial charge on any atom is 0.256 e. The molecule has 2 aliphatic heterocycles. The van der Waals surface area contributed by atoms with Gasteiger partial charge in [0.25, 0.3) is 5.91 Å². The van der Waals surface area contributed by atoms with E-state index in [2.05, 4.69) is 20.5 Å².